The molecule has 0 aliphatic carbocycles. The van der Waals surface area contributed by atoms with Crippen LogP contribution in [0.1, 0.15) is 374 Å². The van der Waals surface area contributed by atoms with Crippen molar-refractivity contribution >= 4 is 17.9 Å². The van der Waals surface area contributed by atoms with Gasteiger partial charge in [0.2, 0.25) is 0 Å². The quantitative estimate of drug-likeness (QED) is 0.0261. The normalized spacial score (nSPS) is 12.5. The number of ether oxygens (including phenoxy) is 3. The van der Waals surface area contributed by atoms with Gasteiger partial charge >= 0.3 is 17.9 Å². The highest BCUT2D eigenvalue weighted by atomic mass is 16.6. The molecule has 0 saturated carbocycles. The minimum absolute atomic E-state index is 0.0748. The van der Waals surface area contributed by atoms with Crippen molar-refractivity contribution in [1.29, 1.82) is 0 Å². The second-order valence-corrected chi connectivity index (χ2v) is 24.1. The Morgan fingerprint density at radius 2 is 0.476 bits per heavy atom. The molecule has 6 heteroatoms. The van der Waals surface area contributed by atoms with Crippen LogP contribution < -0.4 is 0 Å². The van der Waals surface area contributed by atoms with E-state index in [0.717, 1.165) is 103 Å². The van der Waals surface area contributed by atoms with Crippen LogP contribution in [0.5, 0.6) is 0 Å². The molecule has 0 bridgehead atoms. The Morgan fingerprint density at radius 1 is 0.256 bits per heavy atom. The van der Waals surface area contributed by atoms with E-state index in [0.29, 0.717) is 19.3 Å². The summed E-state index contributed by atoms with van der Waals surface area (Å²) in [5.41, 5.74) is 0. The molecule has 0 aromatic heterocycles. The predicted molar refractivity (Wildman–Crippen MR) is 358 cm³/mol. The standard InChI is InChI=1S/C76H136O6/c1-4-7-10-13-16-19-22-25-28-31-33-34-35-36-37-38-39-40-41-42-44-45-48-51-54-57-60-63-66-69-75(78)81-72-73(71-80-74(77)68-65-62-59-56-53-50-47-30-27-24-21-18-15-12-9-6-3)82-76(79)70-67-64-61-58-55-52-49-46-43-32-29-26-23-20-17-14-11-8-5-2/h7,10,16,19,21,24-25,28,30,33-34,47,73H,4-6,8-9,11-15,17-18,20,22-23,26-27,29,31-32,35-46,48-72H2,1-3H3/b10-7-,19-16-,24-21-,28-25-,34-33-,47-30-. The minimum Gasteiger partial charge on any atom is -0.462 e. The van der Waals surface area contributed by atoms with Gasteiger partial charge < -0.3 is 14.2 Å². The fourth-order valence-corrected chi connectivity index (χ4v) is 10.6. The first-order valence-electron chi connectivity index (χ1n) is 35.9. The molecular weight excluding hydrogens is 1010 g/mol. The lowest BCUT2D eigenvalue weighted by molar-refractivity contribution is -0.167. The van der Waals surface area contributed by atoms with Crippen LogP contribution >= 0.6 is 0 Å². The summed E-state index contributed by atoms with van der Waals surface area (Å²) in [4.78, 5) is 38.5. The predicted octanol–water partition coefficient (Wildman–Crippen LogP) is 24.8. The smallest absolute Gasteiger partial charge is 0.306 e. The lowest BCUT2D eigenvalue weighted by atomic mass is 10.0. The molecule has 0 aromatic rings. The molecule has 6 nitrogen and oxygen atoms in total. The maximum atomic E-state index is 13.0. The van der Waals surface area contributed by atoms with E-state index >= 15 is 0 Å². The molecule has 1 atom stereocenters. The van der Waals surface area contributed by atoms with Crippen LogP contribution in [-0.4, -0.2) is 37.2 Å². The van der Waals surface area contributed by atoms with E-state index < -0.39 is 6.10 Å². The summed E-state index contributed by atoms with van der Waals surface area (Å²) < 4.78 is 17.0. The van der Waals surface area contributed by atoms with Crippen LogP contribution in [0, 0.1) is 0 Å². The zero-order valence-electron chi connectivity index (χ0n) is 54.8. The van der Waals surface area contributed by atoms with Crippen molar-refractivity contribution < 1.29 is 28.6 Å². The van der Waals surface area contributed by atoms with E-state index in [-0.39, 0.29) is 31.1 Å². The van der Waals surface area contributed by atoms with Crippen molar-refractivity contribution in [3.05, 3.63) is 72.9 Å². The van der Waals surface area contributed by atoms with Crippen LogP contribution in [0.15, 0.2) is 72.9 Å². The third-order valence-corrected chi connectivity index (χ3v) is 15.9. The van der Waals surface area contributed by atoms with Gasteiger partial charge in [0.05, 0.1) is 0 Å². The lowest BCUT2D eigenvalue weighted by Gasteiger charge is -2.18. The van der Waals surface area contributed by atoms with Gasteiger partial charge in [-0.2, -0.15) is 0 Å². The van der Waals surface area contributed by atoms with Gasteiger partial charge in [-0.15, -0.1) is 0 Å². The van der Waals surface area contributed by atoms with E-state index in [1.165, 1.54) is 231 Å². The van der Waals surface area contributed by atoms with Crippen molar-refractivity contribution in [1.82, 2.24) is 0 Å². The van der Waals surface area contributed by atoms with Gasteiger partial charge in [-0.25, -0.2) is 0 Å². The SMILES string of the molecule is CC/C=C\C/C=C\C/C=C\C/C=C\CCCCCCCCCCCCCCCCCCC(=O)OCC(COC(=O)CCCCCCC/C=C\C/C=C\CCCCCC)OC(=O)CCCCCCCCCCCCCCCCCCCCC. The first-order valence-corrected chi connectivity index (χ1v) is 35.9. The lowest BCUT2D eigenvalue weighted by Crippen LogP contribution is -2.30. The fraction of sp³-hybridized carbons (Fsp3) is 0.803. The molecule has 0 heterocycles. The molecule has 0 spiro atoms. The Labute approximate surface area is 510 Å². The van der Waals surface area contributed by atoms with Crippen LogP contribution in [-0.2, 0) is 28.6 Å². The molecule has 0 aliphatic heterocycles. The van der Waals surface area contributed by atoms with E-state index in [1.54, 1.807) is 0 Å². The number of allylic oxidation sites excluding steroid dienone is 12. The van der Waals surface area contributed by atoms with Crippen LogP contribution in [0.4, 0.5) is 0 Å². The number of esters is 3. The van der Waals surface area contributed by atoms with Gasteiger partial charge in [-0.1, -0.05) is 338 Å². The van der Waals surface area contributed by atoms with Crippen LogP contribution in [0.3, 0.4) is 0 Å². The second-order valence-electron chi connectivity index (χ2n) is 24.1. The number of hydrogen-bond donors (Lipinski definition) is 0. The highest BCUT2D eigenvalue weighted by Gasteiger charge is 2.19. The second kappa shape index (κ2) is 70.3. The van der Waals surface area contributed by atoms with Crippen LogP contribution in [0.2, 0.25) is 0 Å². The summed E-state index contributed by atoms with van der Waals surface area (Å²) in [6.45, 7) is 6.56. The van der Waals surface area contributed by atoms with Gasteiger partial charge in [-0.3, -0.25) is 14.4 Å². The summed E-state index contributed by atoms with van der Waals surface area (Å²) in [6, 6.07) is 0. The molecule has 82 heavy (non-hydrogen) atoms. The topological polar surface area (TPSA) is 78.9 Å². The average molecular weight is 1150 g/mol. The van der Waals surface area contributed by atoms with Gasteiger partial charge in [0.15, 0.2) is 6.10 Å². The zero-order chi connectivity index (χ0) is 59.2. The van der Waals surface area contributed by atoms with E-state index in [4.69, 9.17) is 14.2 Å². The van der Waals surface area contributed by atoms with Gasteiger partial charge in [0.25, 0.3) is 0 Å². The maximum Gasteiger partial charge on any atom is 0.306 e. The van der Waals surface area contributed by atoms with Crippen molar-refractivity contribution in [3.63, 3.8) is 0 Å². The number of carbonyl (C=O) groups is 3. The first-order chi connectivity index (χ1) is 40.5. The Kier molecular flexibility index (Phi) is 67.6. The Balaban J connectivity index is 4.26. The molecule has 0 radical (unpaired) electrons. The van der Waals surface area contributed by atoms with Crippen molar-refractivity contribution in [2.75, 3.05) is 13.2 Å². The summed E-state index contributed by atoms with van der Waals surface area (Å²) in [5, 5.41) is 0. The first kappa shape index (κ1) is 78.8. The van der Waals surface area contributed by atoms with Gasteiger partial charge in [0, 0.05) is 19.3 Å². The summed E-state index contributed by atoms with van der Waals surface area (Å²) in [7, 11) is 0. The Bertz CT molecular complexity index is 1500. The molecular formula is C76H136O6. The third-order valence-electron chi connectivity index (χ3n) is 15.9. The van der Waals surface area contributed by atoms with Crippen LogP contribution in [0.25, 0.3) is 0 Å². The van der Waals surface area contributed by atoms with Crippen molar-refractivity contribution in [3.8, 4) is 0 Å². The van der Waals surface area contributed by atoms with E-state index in [2.05, 4.69) is 93.7 Å². The molecule has 0 aliphatic rings. The Morgan fingerprint density at radius 3 is 0.756 bits per heavy atom. The molecule has 0 N–H and O–H groups in total. The van der Waals surface area contributed by atoms with E-state index in [9.17, 15) is 14.4 Å². The maximum absolute atomic E-state index is 13.0. The van der Waals surface area contributed by atoms with Gasteiger partial charge in [-0.05, 0) is 89.9 Å². The highest BCUT2D eigenvalue weighted by Crippen LogP contribution is 2.18. The van der Waals surface area contributed by atoms with Gasteiger partial charge in [0.1, 0.15) is 13.2 Å². The largest absolute Gasteiger partial charge is 0.462 e. The summed E-state index contributed by atoms with van der Waals surface area (Å²) in [5.74, 6) is -0.864. The number of carbonyl (C=O) groups excluding carboxylic acids is 3. The highest BCUT2D eigenvalue weighted by molar-refractivity contribution is 5.71. The monoisotopic (exact) mass is 1150 g/mol. The Hall–Kier alpha value is -3.15. The third kappa shape index (κ3) is 67.6. The van der Waals surface area contributed by atoms with E-state index in [1.807, 2.05) is 0 Å². The molecule has 0 rings (SSSR count). The molecule has 0 amide bonds. The molecule has 0 fully saturated rings. The molecule has 1 unspecified atom stereocenters. The fourth-order valence-electron chi connectivity index (χ4n) is 10.6. The molecule has 0 aromatic carbocycles. The molecule has 0 saturated heterocycles. The zero-order valence-corrected chi connectivity index (χ0v) is 54.8. The van der Waals surface area contributed by atoms with Crippen molar-refractivity contribution in [2.24, 2.45) is 0 Å². The minimum atomic E-state index is -0.780. The molecule has 476 valence electrons. The number of hydrogen-bond acceptors (Lipinski definition) is 6. The average Bonchev–Trinajstić information content (AvgIpc) is 3.47. The summed E-state index contributed by atoms with van der Waals surface area (Å²) >= 11 is 0. The van der Waals surface area contributed by atoms with Crippen molar-refractivity contribution in [2.45, 2.75) is 380 Å². The number of unbranched alkanes of at least 4 members (excludes halogenated alkanes) is 43. The summed E-state index contributed by atoms with van der Waals surface area (Å²) in [6.07, 6.45) is 92.2. The number of rotatable bonds is 66.